The first-order chi connectivity index (χ1) is 6.60. The third-order valence-corrected chi connectivity index (χ3v) is 1.89. The van der Waals surface area contributed by atoms with E-state index in [0.717, 1.165) is 0 Å². The molecule has 0 aromatic heterocycles. The van der Waals surface area contributed by atoms with E-state index in [1.807, 2.05) is 6.07 Å². The molecule has 0 unspecified atom stereocenters. The molecule has 1 aromatic carbocycles. The first-order valence-electron chi connectivity index (χ1n) is 3.92. The molecule has 0 heterocycles. The van der Waals surface area contributed by atoms with Crippen molar-refractivity contribution in [2.45, 2.75) is 6.92 Å². The third kappa shape index (κ3) is 1.67. The Kier molecular flexibility index (Phi) is 2.73. The topological polar surface area (TPSA) is 70.3 Å². The number of methoxy groups -OCH3 is 1. The maximum atomic E-state index is 10.7. The lowest BCUT2D eigenvalue weighted by molar-refractivity contribution is 0.0696. The predicted octanol–water partition coefficient (Wildman–Crippen LogP) is 1.57. The zero-order valence-electron chi connectivity index (χ0n) is 7.87. The molecular formula is C10H9NO3. The van der Waals surface area contributed by atoms with Crippen molar-refractivity contribution in [3.63, 3.8) is 0 Å². The summed E-state index contributed by atoms with van der Waals surface area (Å²) in [5, 5.41) is 17.5. The summed E-state index contributed by atoms with van der Waals surface area (Å²) in [5.41, 5.74) is 0.814. The van der Waals surface area contributed by atoms with Gasteiger partial charge in [-0.3, -0.25) is 0 Å². The van der Waals surface area contributed by atoms with E-state index < -0.39 is 5.97 Å². The normalized spacial score (nSPS) is 9.21. The summed E-state index contributed by atoms with van der Waals surface area (Å²) < 4.78 is 4.98. The van der Waals surface area contributed by atoms with Gasteiger partial charge in [0.05, 0.1) is 18.2 Å². The number of nitrogens with zero attached hydrogens (tertiary/aromatic N) is 1. The van der Waals surface area contributed by atoms with Crippen LogP contribution in [0, 0.1) is 18.3 Å². The minimum Gasteiger partial charge on any atom is -0.496 e. The molecule has 14 heavy (non-hydrogen) atoms. The number of carbonyl (C=O) groups is 1. The van der Waals surface area contributed by atoms with E-state index in [2.05, 4.69) is 0 Å². The number of carboxylic acid groups (broad SMARTS) is 1. The number of rotatable bonds is 2. The molecule has 0 saturated heterocycles. The Morgan fingerprint density at radius 3 is 2.64 bits per heavy atom. The van der Waals surface area contributed by atoms with E-state index in [4.69, 9.17) is 15.1 Å². The summed E-state index contributed by atoms with van der Waals surface area (Å²) in [7, 11) is 1.48. The Bertz CT molecular complexity index is 418. The van der Waals surface area contributed by atoms with Crippen LogP contribution in [0.5, 0.6) is 5.75 Å². The lowest BCUT2D eigenvalue weighted by atomic mass is 10.0. The summed E-state index contributed by atoms with van der Waals surface area (Å²) in [6, 6.07) is 4.68. The summed E-state index contributed by atoms with van der Waals surface area (Å²) in [6.07, 6.45) is 0. The van der Waals surface area contributed by atoms with E-state index in [9.17, 15) is 4.79 Å². The van der Waals surface area contributed by atoms with Crippen LogP contribution >= 0.6 is 0 Å². The fourth-order valence-electron chi connectivity index (χ4n) is 1.18. The number of hydrogen-bond donors (Lipinski definition) is 1. The smallest absolute Gasteiger partial charge is 0.337 e. The number of hydrogen-bond acceptors (Lipinski definition) is 3. The largest absolute Gasteiger partial charge is 0.496 e. The first-order valence-corrected chi connectivity index (χ1v) is 3.92. The van der Waals surface area contributed by atoms with E-state index in [0.29, 0.717) is 11.3 Å². The average Bonchev–Trinajstić information content (AvgIpc) is 2.17. The van der Waals surface area contributed by atoms with E-state index in [1.54, 1.807) is 6.92 Å². The summed E-state index contributed by atoms with van der Waals surface area (Å²) in [5.74, 6) is -0.584. The second-order valence-electron chi connectivity index (χ2n) is 2.78. The molecule has 72 valence electrons. The van der Waals surface area contributed by atoms with Crippen molar-refractivity contribution in [3.8, 4) is 11.8 Å². The highest BCUT2D eigenvalue weighted by atomic mass is 16.5. The second-order valence-corrected chi connectivity index (χ2v) is 2.78. The Balaban J connectivity index is 3.41. The van der Waals surface area contributed by atoms with Gasteiger partial charge in [-0.2, -0.15) is 5.26 Å². The number of benzene rings is 1. The number of aryl methyl sites for hydroxylation is 1. The van der Waals surface area contributed by atoms with Gasteiger partial charge in [-0.1, -0.05) is 0 Å². The lowest BCUT2D eigenvalue weighted by Gasteiger charge is -2.06. The number of ether oxygens (including phenoxy) is 1. The zero-order valence-corrected chi connectivity index (χ0v) is 7.87. The van der Waals surface area contributed by atoms with Crippen molar-refractivity contribution >= 4 is 5.97 Å². The molecular weight excluding hydrogens is 182 g/mol. The highest BCUT2D eigenvalue weighted by molar-refractivity contribution is 5.91. The Morgan fingerprint density at radius 1 is 1.57 bits per heavy atom. The van der Waals surface area contributed by atoms with Crippen LogP contribution in [0.3, 0.4) is 0 Å². The molecule has 1 N–H and O–H groups in total. The van der Waals surface area contributed by atoms with Crippen LogP contribution in [0.2, 0.25) is 0 Å². The fourth-order valence-corrected chi connectivity index (χ4v) is 1.18. The molecule has 0 aliphatic heterocycles. The van der Waals surface area contributed by atoms with Crippen LogP contribution in [0.15, 0.2) is 12.1 Å². The van der Waals surface area contributed by atoms with Crippen LogP contribution in [-0.4, -0.2) is 18.2 Å². The van der Waals surface area contributed by atoms with Crippen LogP contribution in [0.4, 0.5) is 0 Å². The van der Waals surface area contributed by atoms with E-state index >= 15 is 0 Å². The fraction of sp³-hybridized carbons (Fsp3) is 0.200. The van der Waals surface area contributed by atoms with Crippen molar-refractivity contribution < 1.29 is 14.6 Å². The van der Waals surface area contributed by atoms with Crippen LogP contribution < -0.4 is 4.74 Å². The SMILES string of the molecule is COc1cc(C#N)c(C(=O)O)cc1C. The number of nitriles is 1. The molecule has 4 heteroatoms. The molecule has 0 saturated carbocycles. The average molecular weight is 191 g/mol. The van der Waals surface area contributed by atoms with Gasteiger partial charge in [-0.05, 0) is 24.6 Å². The number of carboxylic acids is 1. The maximum Gasteiger partial charge on any atom is 0.337 e. The summed E-state index contributed by atoms with van der Waals surface area (Å²) in [6.45, 7) is 1.73. The van der Waals surface area contributed by atoms with Crippen LogP contribution in [0.1, 0.15) is 21.5 Å². The molecule has 1 rings (SSSR count). The van der Waals surface area contributed by atoms with E-state index in [-0.39, 0.29) is 11.1 Å². The lowest BCUT2D eigenvalue weighted by Crippen LogP contribution is -2.02. The van der Waals surface area contributed by atoms with Crippen LogP contribution in [-0.2, 0) is 0 Å². The Labute approximate surface area is 81.4 Å². The van der Waals surface area contributed by atoms with Gasteiger partial charge in [0, 0.05) is 0 Å². The zero-order chi connectivity index (χ0) is 10.7. The molecule has 0 spiro atoms. The third-order valence-electron chi connectivity index (χ3n) is 1.89. The molecule has 0 fully saturated rings. The standard InChI is InChI=1S/C10H9NO3/c1-6-3-8(10(12)13)7(5-11)4-9(6)14-2/h3-4H,1-2H3,(H,12,13). The Morgan fingerprint density at radius 2 is 2.21 bits per heavy atom. The van der Waals surface area contributed by atoms with Gasteiger partial charge in [0.25, 0.3) is 0 Å². The molecule has 0 bridgehead atoms. The summed E-state index contributed by atoms with van der Waals surface area (Å²) in [4.78, 5) is 10.7. The minimum absolute atomic E-state index is 0.00537. The van der Waals surface area contributed by atoms with Crippen molar-refractivity contribution in [3.05, 3.63) is 28.8 Å². The van der Waals surface area contributed by atoms with Crippen molar-refractivity contribution in [2.75, 3.05) is 7.11 Å². The molecule has 1 aromatic rings. The highest BCUT2D eigenvalue weighted by Crippen LogP contribution is 2.22. The van der Waals surface area contributed by atoms with Crippen molar-refractivity contribution in [1.29, 1.82) is 5.26 Å². The first kappa shape index (κ1) is 10.1. The molecule has 0 atom stereocenters. The van der Waals surface area contributed by atoms with Crippen molar-refractivity contribution in [2.24, 2.45) is 0 Å². The van der Waals surface area contributed by atoms with Gasteiger partial charge in [0.2, 0.25) is 0 Å². The quantitative estimate of drug-likeness (QED) is 0.770. The van der Waals surface area contributed by atoms with Crippen molar-refractivity contribution in [1.82, 2.24) is 0 Å². The van der Waals surface area contributed by atoms with Gasteiger partial charge in [0.15, 0.2) is 0 Å². The predicted molar refractivity (Wildman–Crippen MR) is 49.4 cm³/mol. The highest BCUT2D eigenvalue weighted by Gasteiger charge is 2.12. The number of aromatic carboxylic acids is 1. The van der Waals surface area contributed by atoms with Gasteiger partial charge < -0.3 is 9.84 Å². The van der Waals surface area contributed by atoms with Gasteiger partial charge in [-0.25, -0.2) is 4.79 Å². The van der Waals surface area contributed by atoms with Crippen LogP contribution in [0.25, 0.3) is 0 Å². The summed E-state index contributed by atoms with van der Waals surface area (Å²) >= 11 is 0. The Hall–Kier alpha value is -2.02. The molecule has 0 aliphatic carbocycles. The van der Waals surface area contributed by atoms with Gasteiger partial charge in [-0.15, -0.1) is 0 Å². The second kappa shape index (κ2) is 3.79. The minimum atomic E-state index is -1.10. The van der Waals surface area contributed by atoms with E-state index in [1.165, 1.54) is 19.2 Å². The van der Waals surface area contributed by atoms with Gasteiger partial charge in [0.1, 0.15) is 11.8 Å². The monoisotopic (exact) mass is 191 g/mol. The van der Waals surface area contributed by atoms with Gasteiger partial charge >= 0.3 is 5.97 Å². The molecule has 0 radical (unpaired) electrons. The molecule has 4 nitrogen and oxygen atoms in total. The molecule has 0 amide bonds. The maximum absolute atomic E-state index is 10.7. The molecule has 0 aliphatic rings.